The Bertz CT molecular complexity index is 566. The second kappa shape index (κ2) is 6.62. The van der Waals surface area contributed by atoms with Crippen molar-refractivity contribution in [2.45, 2.75) is 19.9 Å². The minimum atomic E-state index is -0.345. The lowest BCUT2D eigenvalue weighted by Gasteiger charge is -2.19. The van der Waals surface area contributed by atoms with Gasteiger partial charge in [0.05, 0.1) is 10.8 Å². The number of carbonyl (C=O) groups excluding carboxylic acids is 2. The Morgan fingerprint density at radius 2 is 2.05 bits per heavy atom. The molecule has 0 unspecified atom stereocenters. The van der Waals surface area contributed by atoms with Crippen LogP contribution < -0.4 is 10.6 Å². The normalized spacial score (nSPS) is 13.5. The average molecular weight is 309 g/mol. The Hall–Kier alpha value is -1.73. The molecule has 7 heteroatoms. The number of anilines is 1. The van der Waals surface area contributed by atoms with E-state index in [9.17, 15) is 9.59 Å². The van der Waals surface area contributed by atoms with Crippen LogP contribution in [0.2, 0.25) is 0 Å². The van der Waals surface area contributed by atoms with E-state index in [0.29, 0.717) is 10.0 Å². The van der Waals surface area contributed by atoms with Gasteiger partial charge in [-0.05, 0) is 18.4 Å². The molecule has 5 nitrogen and oxygen atoms in total. The van der Waals surface area contributed by atoms with Gasteiger partial charge in [-0.2, -0.15) is 0 Å². The first-order valence-corrected chi connectivity index (χ1v) is 7.88. The number of nitrogens with one attached hydrogen (secondary N) is 2. The molecule has 2 aromatic rings. The van der Waals surface area contributed by atoms with E-state index in [-0.39, 0.29) is 23.8 Å². The summed E-state index contributed by atoms with van der Waals surface area (Å²) < 4.78 is 0. The fourth-order valence-electron chi connectivity index (χ4n) is 1.54. The smallest absolute Gasteiger partial charge is 0.261 e. The maximum atomic E-state index is 12.0. The number of hydrogen-bond donors (Lipinski definition) is 2. The van der Waals surface area contributed by atoms with Crippen LogP contribution in [0, 0.1) is 5.92 Å². The van der Waals surface area contributed by atoms with Crippen LogP contribution in [0.15, 0.2) is 29.1 Å². The second-order valence-electron chi connectivity index (χ2n) is 4.35. The lowest BCUT2D eigenvalue weighted by molar-refractivity contribution is -0.120. The average Bonchev–Trinajstić information content (AvgIpc) is 3.10. The summed E-state index contributed by atoms with van der Waals surface area (Å²) in [4.78, 5) is 28.6. The number of aromatic nitrogens is 1. The summed E-state index contributed by atoms with van der Waals surface area (Å²) in [6.07, 6.45) is 1.63. The standard InChI is InChI=1S/C13H15N3O2S2/c1-8(11(17)16-13-14-5-7-20-13)9(2)15-12(18)10-4-3-6-19-10/h3-9H,1-2H3,(H,15,18)(H,14,16,17)/t8-,9-/m0/s1. The summed E-state index contributed by atoms with van der Waals surface area (Å²) in [6, 6.07) is 3.32. The van der Waals surface area contributed by atoms with Crippen LogP contribution in [0.1, 0.15) is 23.5 Å². The Morgan fingerprint density at radius 1 is 1.25 bits per heavy atom. The zero-order valence-electron chi connectivity index (χ0n) is 11.1. The zero-order valence-corrected chi connectivity index (χ0v) is 12.8. The monoisotopic (exact) mass is 309 g/mol. The first-order chi connectivity index (χ1) is 9.58. The molecule has 2 rings (SSSR count). The fourth-order valence-corrected chi connectivity index (χ4v) is 2.70. The molecule has 0 aliphatic carbocycles. The molecule has 2 N–H and O–H groups in total. The van der Waals surface area contributed by atoms with Crippen molar-refractivity contribution in [1.29, 1.82) is 0 Å². The van der Waals surface area contributed by atoms with Gasteiger partial charge in [0, 0.05) is 17.6 Å². The topological polar surface area (TPSA) is 71.1 Å². The predicted octanol–water partition coefficient (Wildman–Crippen LogP) is 2.60. The summed E-state index contributed by atoms with van der Waals surface area (Å²) in [5, 5.41) is 9.77. The Balaban J connectivity index is 1.89. The molecule has 0 radical (unpaired) electrons. The van der Waals surface area contributed by atoms with E-state index in [0.717, 1.165) is 0 Å². The number of rotatable bonds is 5. The molecule has 0 saturated heterocycles. The number of thiazole rings is 1. The summed E-state index contributed by atoms with van der Waals surface area (Å²) in [5.74, 6) is -0.650. The molecule has 106 valence electrons. The Morgan fingerprint density at radius 3 is 2.65 bits per heavy atom. The van der Waals surface area contributed by atoms with Gasteiger partial charge in [-0.3, -0.25) is 9.59 Å². The predicted molar refractivity (Wildman–Crippen MR) is 81.2 cm³/mol. The first-order valence-electron chi connectivity index (χ1n) is 6.12. The molecule has 2 atom stereocenters. The lowest BCUT2D eigenvalue weighted by atomic mass is 10.0. The molecule has 0 aliphatic rings. The van der Waals surface area contributed by atoms with E-state index >= 15 is 0 Å². The van der Waals surface area contributed by atoms with Crippen molar-refractivity contribution in [2.75, 3.05) is 5.32 Å². The van der Waals surface area contributed by atoms with E-state index in [1.807, 2.05) is 18.4 Å². The van der Waals surface area contributed by atoms with Crippen LogP contribution in [-0.2, 0) is 4.79 Å². The Labute approximate surface area is 125 Å². The van der Waals surface area contributed by atoms with Gasteiger partial charge in [-0.1, -0.05) is 13.0 Å². The van der Waals surface area contributed by atoms with Gasteiger partial charge in [-0.15, -0.1) is 22.7 Å². The summed E-state index contributed by atoms with van der Waals surface area (Å²) in [6.45, 7) is 3.60. The number of thiophene rings is 1. The van der Waals surface area contributed by atoms with Crippen molar-refractivity contribution in [2.24, 2.45) is 5.92 Å². The van der Waals surface area contributed by atoms with Gasteiger partial charge < -0.3 is 10.6 Å². The van der Waals surface area contributed by atoms with Crippen molar-refractivity contribution in [1.82, 2.24) is 10.3 Å². The van der Waals surface area contributed by atoms with Crippen molar-refractivity contribution in [3.05, 3.63) is 34.0 Å². The van der Waals surface area contributed by atoms with E-state index in [1.165, 1.54) is 22.7 Å². The molecule has 2 amide bonds. The molecule has 0 saturated carbocycles. The van der Waals surface area contributed by atoms with Gasteiger partial charge in [0.2, 0.25) is 5.91 Å². The van der Waals surface area contributed by atoms with E-state index < -0.39 is 0 Å². The molecular weight excluding hydrogens is 294 g/mol. The first kappa shape index (κ1) is 14.7. The minimum absolute atomic E-state index is 0.151. The molecule has 0 bridgehead atoms. The van der Waals surface area contributed by atoms with Gasteiger partial charge in [-0.25, -0.2) is 4.98 Å². The molecule has 0 spiro atoms. The largest absolute Gasteiger partial charge is 0.348 e. The summed E-state index contributed by atoms with van der Waals surface area (Å²) in [7, 11) is 0. The highest BCUT2D eigenvalue weighted by Crippen LogP contribution is 2.14. The van der Waals surface area contributed by atoms with Crippen molar-refractivity contribution in [3.8, 4) is 0 Å². The highest BCUT2D eigenvalue weighted by molar-refractivity contribution is 7.13. The molecule has 2 aromatic heterocycles. The van der Waals surface area contributed by atoms with Crippen molar-refractivity contribution >= 4 is 39.6 Å². The van der Waals surface area contributed by atoms with Gasteiger partial charge in [0.25, 0.3) is 5.91 Å². The molecule has 0 aromatic carbocycles. The van der Waals surface area contributed by atoms with Gasteiger partial charge in [0.15, 0.2) is 5.13 Å². The third-order valence-electron chi connectivity index (χ3n) is 2.93. The highest BCUT2D eigenvalue weighted by atomic mass is 32.1. The van der Waals surface area contributed by atoms with Crippen LogP contribution in [0.25, 0.3) is 0 Å². The highest BCUT2D eigenvalue weighted by Gasteiger charge is 2.23. The third kappa shape index (κ3) is 3.64. The second-order valence-corrected chi connectivity index (χ2v) is 6.20. The molecule has 2 heterocycles. The van der Waals surface area contributed by atoms with Crippen molar-refractivity contribution in [3.63, 3.8) is 0 Å². The van der Waals surface area contributed by atoms with Gasteiger partial charge >= 0.3 is 0 Å². The molecule has 0 fully saturated rings. The van der Waals surface area contributed by atoms with E-state index in [2.05, 4.69) is 15.6 Å². The minimum Gasteiger partial charge on any atom is -0.348 e. The molecule has 20 heavy (non-hydrogen) atoms. The van der Waals surface area contributed by atoms with Crippen LogP contribution in [0.4, 0.5) is 5.13 Å². The maximum Gasteiger partial charge on any atom is 0.261 e. The maximum absolute atomic E-state index is 12.0. The molecule has 0 aliphatic heterocycles. The third-order valence-corrected chi connectivity index (χ3v) is 4.49. The number of amides is 2. The van der Waals surface area contributed by atoms with E-state index in [4.69, 9.17) is 0 Å². The van der Waals surface area contributed by atoms with Gasteiger partial charge in [0.1, 0.15) is 0 Å². The quantitative estimate of drug-likeness (QED) is 0.892. The van der Waals surface area contributed by atoms with E-state index in [1.54, 1.807) is 24.6 Å². The lowest BCUT2D eigenvalue weighted by Crippen LogP contribution is -2.41. The van der Waals surface area contributed by atoms with Crippen molar-refractivity contribution < 1.29 is 9.59 Å². The SMILES string of the molecule is C[C@H](NC(=O)c1cccs1)[C@H](C)C(=O)Nc1nccs1. The van der Waals surface area contributed by atoms with Crippen LogP contribution in [0.3, 0.4) is 0 Å². The zero-order chi connectivity index (χ0) is 14.5. The number of hydrogen-bond acceptors (Lipinski definition) is 5. The summed E-state index contributed by atoms with van der Waals surface area (Å²) >= 11 is 2.74. The fraction of sp³-hybridized carbons (Fsp3) is 0.308. The Kier molecular flexibility index (Phi) is 4.86. The number of carbonyl (C=O) groups is 2. The van der Waals surface area contributed by atoms with Crippen LogP contribution in [0.5, 0.6) is 0 Å². The van der Waals surface area contributed by atoms with Crippen LogP contribution >= 0.6 is 22.7 Å². The number of nitrogens with zero attached hydrogens (tertiary/aromatic N) is 1. The summed E-state index contributed by atoms with van der Waals surface area (Å²) in [5.41, 5.74) is 0. The molecular formula is C13H15N3O2S2. The van der Waals surface area contributed by atoms with Crippen LogP contribution in [-0.4, -0.2) is 22.8 Å².